The van der Waals surface area contributed by atoms with E-state index in [1.807, 2.05) is 24.3 Å². The first-order valence-electron chi connectivity index (χ1n) is 10.4. The van der Waals surface area contributed by atoms with Crippen molar-refractivity contribution in [1.82, 2.24) is 30.0 Å². The second-order valence-corrected chi connectivity index (χ2v) is 8.56. The Morgan fingerprint density at radius 3 is 2.61 bits per heavy atom. The van der Waals surface area contributed by atoms with E-state index in [-0.39, 0.29) is 5.91 Å². The van der Waals surface area contributed by atoms with Gasteiger partial charge in [-0.15, -0.1) is 5.10 Å². The summed E-state index contributed by atoms with van der Waals surface area (Å²) in [5.74, 6) is 1.58. The fourth-order valence-corrected chi connectivity index (χ4v) is 4.11. The van der Waals surface area contributed by atoms with Crippen LogP contribution in [0.4, 0.5) is 0 Å². The van der Waals surface area contributed by atoms with E-state index in [0.717, 1.165) is 43.1 Å². The van der Waals surface area contributed by atoms with E-state index >= 15 is 0 Å². The largest absolute Gasteiger partial charge is 0.337 e. The van der Waals surface area contributed by atoms with Crippen LogP contribution in [0.2, 0.25) is 0 Å². The van der Waals surface area contributed by atoms with Crippen molar-refractivity contribution in [2.75, 3.05) is 26.2 Å². The van der Waals surface area contributed by atoms with Crippen LogP contribution in [0.5, 0.6) is 0 Å². The van der Waals surface area contributed by atoms with E-state index in [1.165, 1.54) is 19.4 Å². The maximum Gasteiger partial charge on any atom is 0.253 e. The lowest BCUT2D eigenvalue weighted by molar-refractivity contribution is 0.0704. The number of benzene rings is 1. The number of carbonyl (C=O) groups is 1. The van der Waals surface area contributed by atoms with Crippen molar-refractivity contribution in [2.24, 2.45) is 11.8 Å². The molecule has 2 aliphatic rings. The van der Waals surface area contributed by atoms with Crippen molar-refractivity contribution >= 4 is 5.91 Å². The van der Waals surface area contributed by atoms with Crippen LogP contribution >= 0.6 is 0 Å². The lowest BCUT2D eigenvalue weighted by atomic mass is 10.0. The lowest BCUT2D eigenvalue weighted by Crippen LogP contribution is -2.46. The van der Waals surface area contributed by atoms with Gasteiger partial charge in [0.25, 0.3) is 5.91 Å². The van der Waals surface area contributed by atoms with Gasteiger partial charge in [0.1, 0.15) is 6.33 Å². The molecule has 0 bridgehead atoms. The second kappa shape index (κ2) is 8.39. The summed E-state index contributed by atoms with van der Waals surface area (Å²) < 4.78 is 1.67. The number of aromatic nitrogens is 4. The number of rotatable bonds is 6. The standard InChI is InChI=1S/C21H30N6O/c1-16(2)20-14-26(11-3-10-25(20)12-17-4-5-17)21(28)19-8-6-18(7-9-19)13-27-15-22-23-24-27/h6-9,15-17,20H,3-5,10-14H2,1-2H3. The number of nitrogens with zero attached hydrogens (tertiary/aromatic N) is 6. The van der Waals surface area contributed by atoms with E-state index in [1.54, 1.807) is 11.0 Å². The van der Waals surface area contributed by atoms with Gasteiger partial charge in [0.05, 0.1) is 6.54 Å². The van der Waals surface area contributed by atoms with Crippen molar-refractivity contribution in [1.29, 1.82) is 0 Å². The summed E-state index contributed by atoms with van der Waals surface area (Å²) in [6, 6.07) is 8.29. The Morgan fingerprint density at radius 2 is 1.96 bits per heavy atom. The highest BCUT2D eigenvalue weighted by Crippen LogP contribution is 2.32. The van der Waals surface area contributed by atoms with Gasteiger partial charge in [-0.2, -0.15) is 0 Å². The third-order valence-corrected chi connectivity index (χ3v) is 5.93. The van der Waals surface area contributed by atoms with Crippen LogP contribution in [0.1, 0.15) is 49.0 Å². The monoisotopic (exact) mass is 382 g/mol. The molecule has 0 radical (unpaired) electrons. The Bertz CT molecular complexity index is 769. The first-order valence-corrected chi connectivity index (χ1v) is 10.4. The summed E-state index contributed by atoms with van der Waals surface area (Å²) >= 11 is 0. The van der Waals surface area contributed by atoms with Crippen LogP contribution in [-0.2, 0) is 6.54 Å². The Hall–Kier alpha value is -2.28. The summed E-state index contributed by atoms with van der Waals surface area (Å²) in [6.45, 7) is 9.16. The van der Waals surface area contributed by atoms with Gasteiger partial charge < -0.3 is 4.90 Å². The highest BCUT2D eigenvalue weighted by atomic mass is 16.2. The average molecular weight is 383 g/mol. The molecule has 1 atom stereocenters. The molecule has 1 unspecified atom stereocenters. The molecule has 1 aromatic heterocycles. The lowest BCUT2D eigenvalue weighted by Gasteiger charge is -2.34. The third kappa shape index (κ3) is 4.58. The summed E-state index contributed by atoms with van der Waals surface area (Å²) in [7, 11) is 0. The minimum atomic E-state index is 0.146. The third-order valence-electron chi connectivity index (χ3n) is 5.93. The Morgan fingerprint density at radius 1 is 1.18 bits per heavy atom. The molecule has 4 rings (SSSR count). The van der Waals surface area contributed by atoms with Gasteiger partial charge in [0.15, 0.2) is 0 Å². The van der Waals surface area contributed by atoms with Gasteiger partial charge >= 0.3 is 0 Å². The van der Waals surface area contributed by atoms with Crippen molar-refractivity contribution in [2.45, 2.75) is 45.7 Å². The fraction of sp³-hybridized carbons (Fsp3) is 0.619. The molecule has 2 heterocycles. The van der Waals surface area contributed by atoms with E-state index in [9.17, 15) is 4.79 Å². The van der Waals surface area contributed by atoms with E-state index in [0.29, 0.717) is 18.5 Å². The van der Waals surface area contributed by atoms with Crippen LogP contribution in [0.15, 0.2) is 30.6 Å². The predicted molar refractivity (Wildman–Crippen MR) is 107 cm³/mol. The second-order valence-electron chi connectivity index (χ2n) is 8.56. The number of amides is 1. The molecule has 1 aromatic carbocycles. The van der Waals surface area contributed by atoms with Crippen molar-refractivity contribution in [3.05, 3.63) is 41.7 Å². The molecule has 150 valence electrons. The predicted octanol–water partition coefficient (Wildman–Crippen LogP) is 2.30. The molecule has 1 amide bonds. The number of hydrogen-bond donors (Lipinski definition) is 0. The number of tetrazole rings is 1. The highest BCUT2D eigenvalue weighted by molar-refractivity contribution is 5.94. The maximum atomic E-state index is 13.2. The first kappa shape index (κ1) is 19.1. The van der Waals surface area contributed by atoms with Crippen molar-refractivity contribution < 1.29 is 4.79 Å². The Labute approximate surface area is 166 Å². The molecule has 1 saturated heterocycles. The maximum absolute atomic E-state index is 13.2. The molecule has 2 aromatic rings. The Balaban J connectivity index is 1.42. The summed E-state index contributed by atoms with van der Waals surface area (Å²) in [5.41, 5.74) is 1.84. The highest BCUT2D eigenvalue weighted by Gasteiger charge is 2.33. The number of carbonyl (C=O) groups excluding carboxylic acids is 1. The zero-order chi connectivity index (χ0) is 19.5. The topological polar surface area (TPSA) is 67.2 Å². The Kier molecular flexibility index (Phi) is 5.71. The SMILES string of the molecule is CC(C)C1CN(C(=O)c2ccc(Cn3cnnn3)cc2)CCCN1CC1CC1. The zero-order valence-electron chi connectivity index (χ0n) is 16.9. The molecular formula is C21H30N6O. The molecular weight excluding hydrogens is 352 g/mol. The molecule has 0 spiro atoms. The van der Waals surface area contributed by atoms with Crippen molar-refractivity contribution in [3.63, 3.8) is 0 Å². The molecule has 7 heteroatoms. The zero-order valence-corrected chi connectivity index (χ0v) is 16.9. The van der Waals surface area contributed by atoms with Crippen LogP contribution in [-0.4, -0.2) is 68.1 Å². The van der Waals surface area contributed by atoms with Gasteiger partial charge in [-0.3, -0.25) is 9.69 Å². The quantitative estimate of drug-likeness (QED) is 0.767. The molecule has 1 aliphatic carbocycles. The van der Waals surface area contributed by atoms with Gasteiger partial charge in [-0.25, -0.2) is 4.68 Å². The molecule has 2 fully saturated rings. The molecule has 0 N–H and O–H groups in total. The summed E-state index contributed by atoms with van der Waals surface area (Å²) in [5, 5.41) is 11.2. The van der Waals surface area contributed by atoms with Crippen LogP contribution in [0.25, 0.3) is 0 Å². The average Bonchev–Trinajstić information content (AvgIpc) is 3.41. The van der Waals surface area contributed by atoms with Crippen molar-refractivity contribution in [3.8, 4) is 0 Å². The van der Waals surface area contributed by atoms with Gasteiger partial charge in [0.2, 0.25) is 0 Å². The molecule has 1 aliphatic heterocycles. The first-order chi connectivity index (χ1) is 13.6. The fourth-order valence-electron chi connectivity index (χ4n) is 4.11. The minimum absolute atomic E-state index is 0.146. The van der Waals surface area contributed by atoms with Crippen LogP contribution in [0.3, 0.4) is 0 Å². The van der Waals surface area contributed by atoms with Crippen LogP contribution in [0, 0.1) is 11.8 Å². The number of hydrogen-bond acceptors (Lipinski definition) is 5. The van der Waals surface area contributed by atoms with Gasteiger partial charge in [0, 0.05) is 37.8 Å². The van der Waals surface area contributed by atoms with Gasteiger partial charge in [-0.05, 0) is 59.2 Å². The van der Waals surface area contributed by atoms with E-state index in [2.05, 4.69) is 39.2 Å². The van der Waals surface area contributed by atoms with E-state index in [4.69, 9.17) is 0 Å². The minimum Gasteiger partial charge on any atom is -0.337 e. The molecule has 7 nitrogen and oxygen atoms in total. The van der Waals surface area contributed by atoms with Crippen LogP contribution < -0.4 is 0 Å². The molecule has 1 saturated carbocycles. The van der Waals surface area contributed by atoms with E-state index < -0.39 is 0 Å². The summed E-state index contributed by atoms with van der Waals surface area (Å²) in [4.78, 5) is 17.9. The summed E-state index contributed by atoms with van der Waals surface area (Å²) in [6.07, 6.45) is 5.40. The normalized spacial score (nSPS) is 21.1. The smallest absolute Gasteiger partial charge is 0.253 e. The van der Waals surface area contributed by atoms with Gasteiger partial charge in [-0.1, -0.05) is 26.0 Å². The molecule has 28 heavy (non-hydrogen) atoms.